The first-order valence-corrected chi connectivity index (χ1v) is 6.82. The van der Waals surface area contributed by atoms with E-state index >= 15 is 0 Å². The molecule has 3 rings (SSSR count). The first-order valence-electron chi connectivity index (χ1n) is 6.82. The fourth-order valence-electron chi connectivity index (χ4n) is 2.36. The lowest BCUT2D eigenvalue weighted by molar-refractivity contribution is 0.0942. The smallest absolute Gasteiger partial charge is 0.273 e. The Morgan fingerprint density at radius 3 is 3.10 bits per heavy atom. The van der Waals surface area contributed by atoms with E-state index in [1.54, 1.807) is 24.5 Å². The predicted octanol–water partition coefficient (Wildman–Crippen LogP) is 2.09. The van der Waals surface area contributed by atoms with Gasteiger partial charge in [0.25, 0.3) is 5.91 Å². The van der Waals surface area contributed by atoms with E-state index in [0.717, 1.165) is 19.5 Å². The largest absolute Gasteiger partial charge is 0.461 e. The molecule has 0 spiro atoms. The van der Waals surface area contributed by atoms with Crippen molar-refractivity contribution in [1.29, 1.82) is 0 Å². The molecule has 1 atom stereocenters. The first kappa shape index (κ1) is 15.6. The van der Waals surface area contributed by atoms with E-state index in [0.29, 0.717) is 24.0 Å². The number of aromatic nitrogens is 1. The summed E-state index contributed by atoms with van der Waals surface area (Å²) in [5.41, 5.74) is 0.279. The Morgan fingerprint density at radius 2 is 2.38 bits per heavy atom. The van der Waals surface area contributed by atoms with Gasteiger partial charge >= 0.3 is 0 Å². The van der Waals surface area contributed by atoms with Gasteiger partial charge in [-0.15, -0.1) is 12.4 Å². The van der Waals surface area contributed by atoms with Crippen molar-refractivity contribution < 1.29 is 13.7 Å². The summed E-state index contributed by atoms with van der Waals surface area (Å²) in [5.74, 6) is 1.47. The highest BCUT2D eigenvalue weighted by Crippen LogP contribution is 2.20. The number of furan rings is 1. The summed E-state index contributed by atoms with van der Waals surface area (Å²) in [6.45, 7) is 2.78. The molecule has 0 aliphatic carbocycles. The quantitative estimate of drug-likeness (QED) is 0.883. The summed E-state index contributed by atoms with van der Waals surface area (Å²) >= 11 is 0. The van der Waals surface area contributed by atoms with E-state index in [-0.39, 0.29) is 24.0 Å². The number of halogens is 1. The number of carbonyl (C=O) groups is 1. The van der Waals surface area contributed by atoms with Crippen LogP contribution in [0.15, 0.2) is 33.4 Å². The van der Waals surface area contributed by atoms with Gasteiger partial charge in [-0.25, -0.2) is 0 Å². The fraction of sp³-hybridized carbons (Fsp3) is 0.429. The van der Waals surface area contributed by atoms with Gasteiger partial charge in [0.05, 0.1) is 6.26 Å². The second kappa shape index (κ2) is 7.28. The van der Waals surface area contributed by atoms with Gasteiger partial charge in [-0.2, -0.15) is 0 Å². The van der Waals surface area contributed by atoms with Crippen molar-refractivity contribution in [2.75, 3.05) is 19.6 Å². The van der Waals surface area contributed by atoms with Crippen LogP contribution in [-0.4, -0.2) is 30.7 Å². The number of amides is 1. The van der Waals surface area contributed by atoms with Crippen molar-refractivity contribution in [1.82, 2.24) is 15.8 Å². The number of carbonyl (C=O) groups excluding carboxylic acids is 1. The molecule has 1 saturated heterocycles. The lowest BCUT2D eigenvalue weighted by Gasteiger charge is -2.07. The normalized spacial score (nSPS) is 17.4. The van der Waals surface area contributed by atoms with Crippen LogP contribution in [0.5, 0.6) is 0 Å². The van der Waals surface area contributed by atoms with Crippen LogP contribution in [0.1, 0.15) is 23.3 Å². The third-order valence-electron chi connectivity index (χ3n) is 3.51. The van der Waals surface area contributed by atoms with Crippen LogP contribution in [0.3, 0.4) is 0 Å². The van der Waals surface area contributed by atoms with Gasteiger partial charge in [-0.3, -0.25) is 4.79 Å². The van der Waals surface area contributed by atoms with Gasteiger partial charge in [-0.1, -0.05) is 5.16 Å². The van der Waals surface area contributed by atoms with Crippen LogP contribution in [0.4, 0.5) is 0 Å². The van der Waals surface area contributed by atoms with Crippen LogP contribution < -0.4 is 10.6 Å². The van der Waals surface area contributed by atoms with Gasteiger partial charge in [-0.05, 0) is 44.0 Å². The molecule has 0 bridgehead atoms. The monoisotopic (exact) mass is 311 g/mol. The minimum Gasteiger partial charge on any atom is -0.461 e. The predicted molar refractivity (Wildman–Crippen MR) is 79.4 cm³/mol. The maximum Gasteiger partial charge on any atom is 0.273 e. The molecule has 1 unspecified atom stereocenters. The van der Waals surface area contributed by atoms with E-state index in [1.165, 1.54) is 6.42 Å². The van der Waals surface area contributed by atoms with E-state index in [4.69, 9.17) is 8.94 Å². The van der Waals surface area contributed by atoms with Gasteiger partial charge in [0, 0.05) is 12.6 Å². The van der Waals surface area contributed by atoms with Gasteiger partial charge < -0.3 is 19.6 Å². The Bertz CT molecular complexity index is 562. The Balaban J connectivity index is 0.00000161. The molecule has 1 aliphatic heterocycles. The molecule has 2 aromatic rings. The third-order valence-corrected chi connectivity index (χ3v) is 3.51. The molecule has 2 N–H and O–H groups in total. The van der Waals surface area contributed by atoms with E-state index < -0.39 is 0 Å². The molecule has 6 nitrogen and oxygen atoms in total. The average Bonchev–Trinajstić information content (AvgIpc) is 3.20. The standard InChI is InChI=1S/C14H17N3O3.ClH/c18-14(16-6-4-10-3-5-15-9-10)11-8-13(20-17-11)12-2-1-7-19-12;/h1-2,7-8,10,15H,3-6,9H2,(H,16,18);1H. The Kier molecular flexibility index (Phi) is 5.41. The highest BCUT2D eigenvalue weighted by molar-refractivity contribution is 5.92. The van der Waals surface area contributed by atoms with Crippen molar-refractivity contribution >= 4 is 18.3 Å². The van der Waals surface area contributed by atoms with Crippen LogP contribution >= 0.6 is 12.4 Å². The summed E-state index contributed by atoms with van der Waals surface area (Å²) in [5, 5.41) is 9.94. The molecule has 0 saturated carbocycles. The maximum atomic E-state index is 11.9. The average molecular weight is 312 g/mol. The van der Waals surface area contributed by atoms with E-state index in [1.807, 2.05) is 0 Å². The maximum absolute atomic E-state index is 11.9. The second-order valence-electron chi connectivity index (χ2n) is 4.96. The Morgan fingerprint density at radius 1 is 1.48 bits per heavy atom. The minimum atomic E-state index is -0.211. The number of nitrogens with zero attached hydrogens (tertiary/aromatic N) is 1. The SMILES string of the molecule is Cl.O=C(NCCC1CCNC1)c1cc(-c2ccco2)on1. The van der Waals surface area contributed by atoms with Crippen molar-refractivity contribution in [3.63, 3.8) is 0 Å². The number of hydrogen-bond acceptors (Lipinski definition) is 5. The molecule has 21 heavy (non-hydrogen) atoms. The lowest BCUT2D eigenvalue weighted by Crippen LogP contribution is -2.26. The first-order chi connectivity index (χ1) is 9.83. The van der Waals surface area contributed by atoms with Gasteiger partial charge in [0.1, 0.15) is 0 Å². The van der Waals surface area contributed by atoms with Crippen molar-refractivity contribution in [2.24, 2.45) is 5.92 Å². The summed E-state index contributed by atoms with van der Waals surface area (Å²) in [4.78, 5) is 11.9. The second-order valence-corrected chi connectivity index (χ2v) is 4.96. The van der Waals surface area contributed by atoms with Crippen LogP contribution in [0.2, 0.25) is 0 Å². The van der Waals surface area contributed by atoms with Crippen LogP contribution in [0.25, 0.3) is 11.5 Å². The zero-order valence-corrected chi connectivity index (χ0v) is 12.3. The van der Waals surface area contributed by atoms with Crippen molar-refractivity contribution in [2.45, 2.75) is 12.8 Å². The summed E-state index contributed by atoms with van der Waals surface area (Å²) in [6.07, 6.45) is 3.72. The molecule has 3 heterocycles. The Hall–Kier alpha value is -1.79. The number of nitrogens with one attached hydrogen (secondary N) is 2. The van der Waals surface area contributed by atoms with Gasteiger partial charge in [0.2, 0.25) is 5.76 Å². The topological polar surface area (TPSA) is 80.3 Å². The zero-order chi connectivity index (χ0) is 13.8. The molecule has 2 aromatic heterocycles. The molecule has 114 valence electrons. The summed E-state index contributed by atoms with van der Waals surface area (Å²) < 4.78 is 10.3. The van der Waals surface area contributed by atoms with Gasteiger partial charge in [0.15, 0.2) is 11.5 Å². The molecule has 1 fully saturated rings. The van der Waals surface area contributed by atoms with Crippen molar-refractivity contribution in [3.8, 4) is 11.5 Å². The van der Waals surface area contributed by atoms with Crippen LogP contribution in [0, 0.1) is 5.92 Å². The molecule has 0 aromatic carbocycles. The fourth-order valence-corrected chi connectivity index (χ4v) is 2.36. The highest BCUT2D eigenvalue weighted by Gasteiger charge is 2.17. The third kappa shape index (κ3) is 3.86. The number of rotatable bonds is 5. The lowest BCUT2D eigenvalue weighted by atomic mass is 10.1. The van der Waals surface area contributed by atoms with Crippen LogP contribution in [-0.2, 0) is 0 Å². The highest BCUT2D eigenvalue weighted by atomic mass is 35.5. The zero-order valence-electron chi connectivity index (χ0n) is 11.5. The molecule has 0 radical (unpaired) electrons. The molecule has 1 aliphatic rings. The Labute approximate surface area is 128 Å². The summed E-state index contributed by atoms with van der Waals surface area (Å²) in [7, 11) is 0. The van der Waals surface area contributed by atoms with Crippen molar-refractivity contribution in [3.05, 3.63) is 30.2 Å². The molecular weight excluding hydrogens is 294 g/mol. The molecule has 1 amide bonds. The summed E-state index contributed by atoms with van der Waals surface area (Å²) in [6, 6.07) is 5.10. The number of hydrogen-bond donors (Lipinski definition) is 2. The van der Waals surface area contributed by atoms with E-state index in [9.17, 15) is 4.79 Å². The minimum absolute atomic E-state index is 0. The molecule has 7 heteroatoms. The molecular formula is C14H18ClN3O3. The van der Waals surface area contributed by atoms with E-state index in [2.05, 4.69) is 15.8 Å².